The molecule has 0 saturated carbocycles. The third-order valence-electron chi connectivity index (χ3n) is 2.79. The number of thioether (sulfide) groups is 1. The van der Waals surface area contributed by atoms with E-state index in [1.165, 1.54) is 23.4 Å². The molecule has 0 radical (unpaired) electrons. The van der Waals surface area contributed by atoms with Crippen molar-refractivity contribution in [1.29, 1.82) is 0 Å². The van der Waals surface area contributed by atoms with E-state index in [0.29, 0.717) is 11.4 Å². The number of H-pyrrole nitrogens is 1. The number of rotatable bonds is 2. The number of aromatic nitrogens is 2. The van der Waals surface area contributed by atoms with Crippen LogP contribution in [0.25, 0.3) is 0 Å². The molecule has 2 rings (SSSR count). The van der Waals surface area contributed by atoms with Gasteiger partial charge < -0.3 is 0 Å². The number of aryl methyl sites for hydroxylation is 2. The summed E-state index contributed by atoms with van der Waals surface area (Å²) in [6, 6.07) is 0.665. The Morgan fingerprint density at radius 2 is 2.29 bits per heavy atom. The zero-order chi connectivity index (χ0) is 10.1. The molecule has 1 aliphatic heterocycles. The van der Waals surface area contributed by atoms with Gasteiger partial charge in [-0.25, -0.2) is 0 Å². The van der Waals surface area contributed by atoms with E-state index in [1.54, 1.807) is 0 Å². The van der Waals surface area contributed by atoms with E-state index in [0.717, 1.165) is 5.69 Å². The number of nitrogens with one attached hydrogen (secondary N) is 2. The summed E-state index contributed by atoms with van der Waals surface area (Å²) in [6.45, 7) is 6.40. The first-order valence-corrected chi connectivity index (χ1v) is 6.16. The maximum Gasteiger partial charge on any atom is 0.0828 e. The van der Waals surface area contributed by atoms with Gasteiger partial charge in [-0.1, -0.05) is 6.92 Å². The van der Waals surface area contributed by atoms with Crippen molar-refractivity contribution in [3.8, 4) is 0 Å². The second-order valence-electron chi connectivity index (χ2n) is 3.83. The molecule has 2 heterocycles. The first-order valence-electron chi connectivity index (χ1n) is 5.11. The Bertz CT molecular complexity index is 302. The quantitative estimate of drug-likeness (QED) is 0.787. The van der Waals surface area contributed by atoms with Crippen LogP contribution < -0.4 is 5.32 Å². The summed E-state index contributed by atoms with van der Waals surface area (Å²) >= 11 is 1.99. The molecule has 1 fully saturated rings. The van der Waals surface area contributed by atoms with Crippen LogP contribution in [0, 0.1) is 13.8 Å². The largest absolute Gasteiger partial charge is 0.298 e. The van der Waals surface area contributed by atoms with Gasteiger partial charge in [0.05, 0.1) is 11.1 Å². The summed E-state index contributed by atoms with van der Waals surface area (Å²) < 4.78 is 0. The summed E-state index contributed by atoms with van der Waals surface area (Å²) in [5.41, 5.74) is 3.68. The lowest BCUT2D eigenvalue weighted by molar-refractivity contribution is 0.559. The monoisotopic (exact) mass is 211 g/mol. The van der Waals surface area contributed by atoms with Crippen LogP contribution in [0.1, 0.15) is 35.7 Å². The fourth-order valence-electron chi connectivity index (χ4n) is 1.87. The summed E-state index contributed by atoms with van der Waals surface area (Å²) in [6.07, 6.45) is 1.21. The van der Waals surface area contributed by atoms with Gasteiger partial charge >= 0.3 is 0 Å². The molecule has 2 unspecified atom stereocenters. The van der Waals surface area contributed by atoms with Gasteiger partial charge in [0.1, 0.15) is 0 Å². The van der Waals surface area contributed by atoms with Gasteiger partial charge in [0.15, 0.2) is 0 Å². The van der Waals surface area contributed by atoms with Crippen molar-refractivity contribution in [3.63, 3.8) is 0 Å². The van der Waals surface area contributed by atoms with E-state index in [4.69, 9.17) is 0 Å². The molecule has 0 aromatic carbocycles. The molecule has 0 aliphatic carbocycles. The van der Waals surface area contributed by atoms with Gasteiger partial charge in [-0.15, -0.1) is 11.8 Å². The Morgan fingerprint density at radius 1 is 1.50 bits per heavy atom. The van der Waals surface area contributed by atoms with Crippen LogP contribution in [0.2, 0.25) is 0 Å². The highest BCUT2D eigenvalue weighted by Gasteiger charge is 2.27. The van der Waals surface area contributed by atoms with E-state index in [-0.39, 0.29) is 0 Å². The summed E-state index contributed by atoms with van der Waals surface area (Å²) in [7, 11) is 0. The van der Waals surface area contributed by atoms with Crippen LogP contribution in [0.15, 0.2) is 0 Å². The van der Waals surface area contributed by atoms with Crippen molar-refractivity contribution in [1.82, 2.24) is 15.5 Å². The zero-order valence-corrected chi connectivity index (χ0v) is 9.74. The van der Waals surface area contributed by atoms with Gasteiger partial charge in [-0.05, 0) is 20.3 Å². The number of aromatic amines is 1. The van der Waals surface area contributed by atoms with Crippen LogP contribution in [0.4, 0.5) is 0 Å². The average Bonchev–Trinajstić information content (AvgIpc) is 2.73. The predicted molar refractivity (Wildman–Crippen MR) is 60.5 cm³/mol. The second kappa shape index (κ2) is 3.95. The number of hydrogen-bond acceptors (Lipinski definition) is 3. The molecule has 3 nitrogen and oxygen atoms in total. The molecule has 1 aromatic heterocycles. The fourth-order valence-corrected chi connectivity index (χ4v) is 3.43. The molecule has 0 amide bonds. The molecule has 78 valence electrons. The van der Waals surface area contributed by atoms with Crippen molar-refractivity contribution < 1.29 is 0 Å². The lowest BCUT2D eigenvalue weighted by atomic mass is 10.2. The van der Waals surface area contributed by atoms with Crippen LogP contribution in [-0.2, 0) is 0 Å². The van der Waals surface area contributed by atoms with Crippen LogP contribution in [-0.4, -0.2) is 22.0 Å². The molecule has 0 spiro atoms. The smallest absolute Gasteiger partial charge is 0.0828 e. The van der Waals surface area contributed by atoms with Crippen molar-refractivity contribution in [2.45, 2.75) is 38.6 Å². The Balaban J connectivity index is 2.17. The van der Waals surface area contributed by atoms with Crippen molar-refractivity contribution >= 4 is 11.8 Å². The van der Waals surface area contributed by atoms with Crippen LogP contribution in [0.3, 0.4) is 0 Å². The van der Waals surface area contributed by atoms with Crippen molar-refractivity contribution in [2.24, 2.45) is 0 Å². The molecular formula is C10H17N3S. The molecule has 0 bridgehead atoms. The molecular weight excluding hydrogens is 194 g/mol. The first-order chi connectivity index (χ1) is 6.72. The SMILES string of the molecule is CCC1CSC(c2c(C)n[nH]c2C)N1. The van der Waals surface area contributed by atoms with E-state index in [2.05, 4.69) is 36.3 Å². The first kappa shape index (κ1) is 10.1. The van der Waals surface area contributed by atoms with Gasteiger partial charge in [-0.2, -0.15) is 5.10 Å². The maximum absolute atomic E-state index is 4.23. The average molecular weight is 211 g/mol. The normalized spacial score (nSPS) is 27.1. The Morgan fingerprint density at radius 3 is 2.79 bits per heavy atom. The van der Waals surface area contributed by atoms with E-state index >= 15 is 0 Å². The standard InChI is InChI=1S/C10H17N3S/c1-4-8-5-14-10(11-8)9-6(2)12-13-7(9)3/h8,10-11H,4-5H2,1-3H3,(H,12,13). The van der Waals surface area contributed by atoms with Gasteiger partial charge in [0.2, 0.25) is 0 Å². The minimum absolute atomic E-state index is 0.443. The summed E-state index contributed by atoms with van der Waals surface area (Å²) in [4.78, 5) is 0. The molecule has 2 atom stereocenters. The summed E-state index contributed by atoms with van der Waals surface area (Å²) in [5.74, 6) is 1.21. The summed E-state index contributed by atoms with van der Waals surface area (Å²) in [5, 5.41) is 11.3. The van der Waals surface area contributed by atoms with Gasteiger partial charge in [0.25, 0.3) is 0 Å². The highest BCUT2D eigenvalue weighted by Crippen LogP contribution is 2.35. The molecule has 1 aliphatic rings. The second-order valence-corrected chi connectivity index (χ2v) is 4.97. The molecule has 4 heteroatoms. The number of hydrogen-bond donors (Lipinski definition) is 2. The Labute approximate surface area is 89.1 Å². The topological polar surface area (TPSA) is 40.7 Å². The molecule has 2 N–H and O–H groups in total. The van der Waals surface area contributed by atoms with Crippen molar-refractivity contribution in [3.05, 3.63) is 17.0 Å². The zero-order valence-electron chi connectivity index (χ0n) is 8.92. The predicted octanol–water partition coefficient (Wildman–Crippen LogP) is 2.14. The van der Waals surface area contributed by atoms with Gasteiger partial charge in [0, 0.05) is 23.1 Å². The fraction of sp³-hybridized carbons (Fsp3) is 0.700. The van der Waals surface area contributed by atoms with Crippen LogP contribution in [0.5, 0.6) is 0 Å². The number of nitrogens with zero attached hydrogens (tertiary/aromatic N) is 1. The Hall–Kier alpha value is -0.480. The lowest BCUT2D eigenvalue weighted by Gasteiger charge is -2.12. The third-order valence-corrected chi connectivity index (χ3v) is 4.09. The van der Waals surface area contributed by atoms with E-state index < -0.39 is 0 Å². The highest BCUT2D eigenvalue weighted by molar-refractivity contribution is 7.99. The van der Waals surface area contributed by atoms with E-state index in [9.17, 15) is 0 Å². The molecule has 1 aromatic rings. The minimum atomic E-state index is 0.443. The van der Waals surface area contributed by atoms with Crippen molar-refractivity contribution in [2.75, 3.05) is 5.75 Å². The molecule has 14 heavy (non-hydrogen) atoms. The maximum atomic E-state index is 4.23. The Kier molecular flexibility index (Phi) is 2.83. The highest BCUT2D eigenvalue weighted by atomic mass is 32.2. The molecule has 1 saturated heterocycles. The van der Waals surface area contributed by atoms with Crippen LogP contribution >= 0.6 is 11.8 Å². The third kappa shape index (κ3) is 1.68. The lowest BCUT2D eigenvalue weighted by Crippen LogP contribution is -2.25. The van der Waals surface area contributed by atoms with Gasteiger partial charge in [-0.3, -0.25) is 10.4 Å². The van der Waals surface area contributed by atoms with E-state index in [1.807, 2.05) is 11.8 Å². The minimum Gasteiger partial charge on any atom is -0.298 e.